The van der Waals surface area contributed by atoms with Crippen molar-refractivity contribution in [1.82, 2.24) is 4.90 Å². The largest absolute Gasteiger partial charge is 0.329 e. The van der Waals surface area contributed by atoms with Crippen molar-refractivity contribution in [3.05, 3.63) is 0 Å². The molecule has 112 valence electrons. The van der Waals surface area contributed by atoms with Crippen molar-refractivity contribution in [1.29, 1.82) is 0 Å². The molecule has 1 atom stereocenters. The van der Waals surface area contributed by atoms with Gasteiger partial charge in [-0.2, -0.15) is 0 Å². The summed E-state index contributed by atoms with van der Waals surface area (Å²) in [7, 11) is 0. The number of piperidine rings is 1. The third kappa shape index (κ3) is 3.72. The van der Waals surface area contributed by atoms with E-state index in [9.17, 15) is 0 Å². The van der Waals surface area contributed by atoms with Gasteiger partial charge in [-0.1, -0.05) is 40.0 Å². The average Bonchev–Trinajstić information content (AvgIpc) is 2.44. The van der Waals surface area contributed by atoms with Gasteiger partial charge in [0.25, 0.3) is 0 Å². The van der Waals surface area contributed by atoms with Gasteiger partial charge in [0.1, 0.15) is 0 Å². The molecule has 19 heavy (non-hydrogen) atoms. The predicted molar refractivity (Wildman–Crippen MR) is 83.2 cm³/mol. The minimum absolute atomic E-state index is 0.594. The van der Waals surface area contributed by atoms with Crippen LogP contribution in [0.3, 0.4) is 0 Å². The Labute approximate surface area is 120 Å². The summed E-state index contributed by atoms with van der Waals surface area (Å²) in [6, 6.07) is 0.661. The smallest absolute Gasteiger partial charge is 0.0246 e. The second kappa shape index (κ2) is 6.58. The molecule has 0 aromatic carbocycles. The van der Waals surface area contributed by atoms with Crippen LogP contribution in [0.4, 0.5) is 0 Å². The fourth-order valence-corrected chi connectivity index (χ4v) is 4.06. The lowest BCUT2D eigenvalue weighted by Crippen LogP contribution is -2.51. The maximum absolute atomic E-state index is 6.13. The molecule has 2 aliphatic rings. The minimum Gasteiger partial charge on any atom is -0.329 e. The van der Waals surface area contributed by atoms with Crippen LogP contribution in [0.25, 0.3) is 0 Å². The Bertz CT molecular complexity index is 260. The molecule has 0 aromatic heterocycles. The Balaban J connectivity index is 1.88. The lowest BCUT2D eigenvalue weighted by Gasteiger charge is -2.45. The molecule has 2 heteroatoms. The van der Waals surface area contributed by atoms with Crippen LogP contribution in [0.2, 0.25) is 0 Å². The Kier molecular flexibility index (Phi) is 5.30. The van der Waals surface area contributed by atoms with Crippen LogP contribution in [0.5, 0.6) is 0 Å². The molecule has 1 saturated carbocycles. The van der Waals surface area contributed by atoms with E-state index < -0.39 is 0 Å². The van der Waals surface area contributed by atoms with Gasteiger partial charge in [-0.15, -0.1) is 0 Å². The Morgan fingerprint density at radius 1 is 1.16 bits per heavy atom. The summed E-state index contributed by atoms with van der Waals surface area (Å²) < 4.78 is 0. The number of likely N-dealkylation sites (tertiary alicyclic amines) is 1. The molecule has 1 unspecified atom stereocenters. The van der Waals surface area contributed by atoms with Crippen molar-refractivity contribution >= 4 is 0 Å². The summed E-state index contributed by atoms with van der Waals surface area (Å²) in [6.07, 6.45) is 9.71. The summed E-state index contributed by atoms with van der Waals surface area (Å²) in [5, 5.41) is 0. The van der Waals surface area contributed by atoms with Crippen LogP contribution >= 0.6 is 0 Å². The highest BCUT2D eigenvalue weighted by Gasteiger charge is 2.34. The molecule has 0 radical (unpaired) electrons. The van der Waals surface area contributed by atoms with Crippen molar-refractivity contribution in [2.75, 3.05) is 19.6 Å². The van der Waals surface area contributed by atoms with Crippen molar-refractivity contribution in [3.8, 4) is 0 Å². The first-order valence-electron chi connectivity index (χ1n) is 8.52. The summed E-state index contributed by atoms with van der Waals surface area (Å²) in [4.78, 5) is 2.72. The maximum atomic E-state index is 6.13. The van der Waals surface area contributed by atoms with E-state index in [1.165, 1.54) is 58.0 Å². The summed E-state index contributed by atoms with van der Waals surface area (Å²) >= 11 is 0. The highest BCUT2D eigenvalue weighted by molar-refractivity contribution is 4.89. The van der Waals surface area contributed by atoms with E-state index in [1.54, 1.807) is 0 Å². The molecule has 2 nitrogen and oxygen atoms in total. The lowest BCUT2D eigenvalue weighted by atomic mass is 9.75. The Morgan fingerprint density at radius 3 is 2.21 bits per heavy atom. The van der Waals surface area contributed by atoms with Gasteiger partial charge in [0.05, 0.1) is 0 Å². The van der Waals surface area contributed by atoms with Crippen molar-refractivity contribution < 1.29 is 0 Å². The molecule has 0 aromatic rings. The molecular formula is C17H34N2. The van der Waals surface area contributed by atoms with E-state index in [0.29, 0.717) is 11.5 Å². The standard InChI is InChI=1S/C17H34N2/c1-4-17(3)9-11-19(12-10-17)16(13-18)15-7-5-14(2)6-8-15/h14-16H,4-13,18H2,1-3H3. The topological polar surface area (TPSA) is 29.3 Å². The van der Waals surface area contributed by atoms with Crippen LogP contribution in [0.1, 0.15) is 65.7 Å². The molecule has 1 aliphatic heterocycles. The molecule has 1 aliphatic carbocycles. The predicted octanol–water partition coefficient (Wildman–Crippen LogP) is 3.65. The van der Waals surface area contributed by atoms with E-state index in [4.69, 9.17) is 5.73 Å². The molecule has 0 bridgehead atoms. The molecule has 1 saturated heterocycles. The van der Waals surface area contributed by atoms with Crippen molar-refractivity contribution in [2.24, 2.45) is 23.0 Å². The van der Waals surface area contributed by atoms with Gasteiger partial charge in [-0.25, -0.2) is 0 Å². The number of nitrogens with zero attached hydrogens (tertiary/aromatic N) is 1. The second-order valence-electron chi connectivity index (χ2n) is 7.52. The SMILES string of the molecule is CCC1(C)CCN(C(CN)C2CCC(C)CC2)CC1. The Hall–Kier alpha value is -0.0800. The minimum atomic E-state index is 0.594. The fraction of sp³-hybridized carbons (Fsp3) is 1.00. The number of rotatable bonds is 4. The molecule has 2 N–H and O–H groups in total. The van der Waals surface area contributed by atoms with E-state index >= 15 is 0 Å². The van der Waals surface area contributed by atoms with E-state index in [-0.39, 0.29) is 0 Å². The first-order valence-corrected chi connectivity index (χ1v) is 8.52. The number of hydrogen-bond donors (Lipinski definition) is 1. The molecule has 0 amide bonds. The number of hydrogen-bond acceptors (Lipinski definition) is 2. The monoisotopic (exact) mass is 266 g/mol. The zero-order chi connectivity index (χ0) is 13.9. The molecular weight excluding hydrogens is 232 g/mol. The summed E-state index contributed by atoms with van der Waals surface area (Å²) in [6.45, 7) is 10.6. The van der Waals surface area contributed by atoms with Gasteiger partial charge in [0.2, 0.25) is 0 Å². The van der Waals surface area contributed by atoms with Gasteiger partial charge < -0.3 is 5.73 Å². The van der Waals surface area contributed by atoms with E-state index in [0.717, 1.165) is 18.4 Å². The highest BCUT2D eigenvalue weighted by atomic mass is 15.2. The quantitative estimate of drug-likeness (QED) is 0.841. The van der Waals surface area contributed by atoms with Crippen molar-refractivity contribution in [2.45, 2.75) is 71.8 Å². The van der Waals surface area contributed by atoms with Gasteiger partial charge in [-0.3, -0.25) is 4.90 Å². The molecule has 2 fully saturated rings. The van der Waals surface area contributed by atoms with Crippen LogP contribution in [-0.4, -0.2) is 30.6 Å². The average molecular weight is 266 g/mol. The summed E-state index contributed by atoms with van der Waals surface area (Å²) in [5.41, 5.74) is 6.72. The third-order valence-electron chi connectivity index (χ3n) is 6.17. The first-order chi connectivity index (χ1) is 9.08. The fourth-order valence-electron chi connectivity index (χ4n) is 4.06. The first kappa shape index (κ1) is 15.3. The van der Waals surface area contributed by atoms with Gasteiger partial charge >= 0.3 is 0 Å². The maximum Gasteiger partial charge on any atom is 0.0246 e. The van der Waals surface area contributed by atoms with Crippen molar-refractivity contribution in [3.63, 3.8) is 0 Å². The van der Waals surface area contributed by atoms with E-state index in [1.807, 2.05) is 0 Å². The normalized spacial score (nSPS) is 34.1. The van der Waals surface area contributed by atoms with Crippen LogP contribution < -0.4 is 5.73 Å². The zero-order valence-electron chi connectivity index (χ0n) is 13.3. The highest BCUT2D eigenvalue weighted by Crippen LogP contribution is 2.37. The lowest BCUT2D eigenvalue weighted by molar-refractivity contribution is 0.0465. The number of nitrogens with two attached hydrogens (primary N) is 1. The molecule has 0 spiro atoms. The van der Waals surface area contributed by atoms with Gasteiger partial charge in [0, 0.05) is 12.6 Å². The van der Waals surface area contributed by atoms with Crippen LogP contribution in [-0.2, 0) is 0 Å². The second-order valence-corrected chi connectivity index (χ2v) is 7.52. The summed E-state index contributed by atoms with van der Waals surface area (Å²) in [5.74, 6) is 1.81. The van der Waals surface area contributed by atoms with Crippen LogP contribution in [0.15, 0.2) is 0 Å². The van der Waals surface area contributed by atoms with Crippen LogP contribution in [0, 0.1) is 17.3 Å². The van der Waals surface area contributed by atoms with Gasteiger partial charge in [0.15, 0.2) is 0 Å². The molecule has 1 heterocycles. The molecule has 2 rings (SSSR count). The van der Waals surface area contributed by atoms with E-state index in [2.05, 4.69) is 25.7 Å². The zero-order valence-corrected chi connectivity index (χ0v) is 13.3. The van der Waals surface area contributed by atoms with Gasteiger partial charge in [-0.05, 0) is 56.0 Å². The third-order valence-corrected chi connectivity index (χ3v) is 6.17. The Morgan fingerprint density at radius 2 is 1.74 bits per heavy atom.